The number of carbonyl (C=O) groups is 1. The minimum Gasteiger partial charge on any atom is -0.490 e. The second kappa shape index (κ2) is 11.0. The van der Waals surface area contributed by atoms with E-state index in [1.165, 1.54) is 5.39 Å². The van der Waals surface area contributed by atoms with E-state index < -0.39 is 0 Å². The molecule has 0 radical (unpaired) electrons. The van der Waals surface area contributed by atoms with Crippen molar-refractivity contribution >= 4 is 38.8 Å². The first-order valence-corrected chi connectivity index (χ1v) is 11.8. The van der Waals surface area contributed by atoms with Crippen LogP contribution in [0.4, 0.5) is 0 Å². The molecule has 6 heteroatoms. The molecule has 0 fully saturated rings. The monoisotopic (exact) mass is 516 g/mol. The Hall–Kier alpha value is -3.64. The maximum absolute atomic E-state index is 12.3. The number of hydrazone groups is 1. The molecule has 0 aromatic heterocycles. The summed E-state index contributed by atoms with van der Waals surface area (Å²) < 4.78 is 12.8. The summed E-state index contributed by atoms with van der Waals surface area (Å²) in [6.07, 6.45) is 1.58. The highest BCUT2D eigenvalue weighted by Gasteiger charge is 2.13. The van der Waals surface area contributed by atoms with Crippen molar-refractivity contribution in [1.82, 2.24) is 5.43 Å². The summed E-state index contributed by atoms with van der Waals surface area (Å²) in [5.41, 5.74) is 6.06. The second-order valence-electron chi connectivity index (χ2n) is 7.76. The van der Waals surface area contributed by atoms with Gasteiger partial charge in [-0.25, -0.2) is 5.43 Å². The molecule has 0 atom stereocenters. The van der Waals surface area contributed by atoms with Crippen LogP contribution in [0.25, 0.3) is 10.8 Å². The van der Waals surface area contributed by atoms with Gasteiger partial charge in [-0.1, -0.05) is 60.2 Å². The number of nitrogens with zero attached hydrogens (tertiary/aromatic N) is 1. The molecular weight excluding hydrogens is 492 g/mol. The van der Waals surface area contributed by atoms with Crippen molar-refractivity contribution in [3.63, 3.8) is 0 Å². The Bertz CT molecular complexity index is 1330. The summed E-state index contributed by atoms with van der Waals surface area (Å²) in [6.45, 7) is 4.79. The van der Waals surface area contributed by atoms with Crippen LogP contribution in [0.5, 0.6) is 11.5 Å². The number of rotatable bonds is 8. The fraction of sp³-hybridized carbons (Fsp3) is 0.143. The standard InChI is InChI=1S/C28H25BrN2O3/c1-3-33-26-16-20(17-30-31-28(32)22-13-11-19(2)12-14-22)15-25(29)27(26)34-18-23-9-6-8-21-7-4-5-10-24(21)23/h4-17H,3,18H2,1-2H3,(H,31,32)/b30-17+. The Kier molecular flexibility index (Phi) is 7.60. The lowest BCUT2D eigenvalue weighted by Crippen LogP contribution is -2.17. The first-order valence-electron chi connectivity index (χ1n) is 11.0. The molecule has 4 aromatic carbocycles. The summed E-state index contributed by atoms with van der Waals surface area (Å²) in [5.74, 6) is 0.953. The Morgan fingerprint density at radius 1 is 1.00 bits per heavy atom. The first kappa shape index (κ1) is 23.5. The van der Waals surface area contributed by atoms with E-state index in [1.807, 2.05) is 56.3 Å². The van der Waals surface area contributed by atoms with E-state index >= 15 is 0 Å². The second-order valence-corrected chi connectivity index (χ2v) is 8.61. The van der Waals surface area contributed by atoms with Gasteiger partial charge >= 0.3 is 0 Å². The molecule has 0 heterocycles. The Labute approximate surface area is 207 Å². The van der Waals surface area contributed by atoms with Gasteiger partial charge in [0.25, 0.3) is 5.91 Å². The molecule has 0 aliphatic heterocycles. The van der Waals surface area contributed by atoms with Gasteiger partial charge in [-0.2, -0.15) is 5.10 Å². The molecule has 34 heavy (non-hydrogen) atoms. The lowest BCUT2D eigenvalue weighted by atomic mass is 10.1. The van der Waals surface area contributed by atoms with Crippen molar-refractivity contribution in [3.8, 4) is 11.5 Å². The molecule has 1 amide bonds. The van der Waals surface area contributed by atoms with E-state index in [0.717, 1.165) is 26.5 Å². The van der Waals surface area contributed by atoms with E-state index in [-0.39, 0.29) is 5.91 Å². The van der Waals surface area contributed by atoms with E-state index in [1.54, 1.807) is 18.3 Å². The zero-order chi connectivity index (χ0) is 23.9. The zero-order valence-corrected chi connectivity index (χ0v) is 20.6. The maximum Gasteiger partial charge on any atom is 0.271 e. The number of amides is 1. The smallest absolute Gasteiger partial charge is 0.271 e. The SMILES string of the molecule is CCOc1cc(/C=N/NC(=O)c2ccc(C)cc2)cc(Br)c1OCc1cccc2ccccc12. The summed E-state index contributed by atoms with van der Waals surface area (Å²) in [5, 5.41) is 6.43. The number of benzene rings is 4. The zero-order valence-electron chi connectivity index (χ0n) is 19.0. The molecule has 0 aliphatic carbocycles. The van der Waals surface area contributed by atoms with E-state index in [9.17, 15) is 4.79 Å². The van der Waals surface area contributed by atoms with E-state index in [2.05, 4.69) is 50.7 Å². The van der Waals surface area contributed by atoms with Gasteiger partial charge in [0.1, 0.15) is 6.61 Å². The highest BCUT2D eigenvalue weighted by atomic mass is 79.9. The van der Waals surface area contributed by atoms with Crippen molar-refractivity contribution in [2.45, 2.75) is 20.5 Å². The third kappa shape index (κ3) is 5.64. The molecule has 0 saturated heterocycles. The fourth-order valence-corrected chi connectivity index (χ4v) is 4.14. The van der Waals surface area contributed by atoms with Gasteiger partial charge < -0.3 is 9.47 Å². The van der Waals surface area contributed by atoms with Gasteiger partial charge in [-0.15, -0.1) is 0 Å². The van der Waals surface area contributed by atoms with Crippen molar-refractivity contribution in [3.05, 3.63) is 106 Å². The average molecular weight is 517 g/mol. The average Bonchev–Trinajstić information content (AvgIpc) is 2.84. The van der Waals surface area contributed by atoms with Gasteiger partial charge in [0.15, 0.2) is 11.5 Å². The number of aryl methyl sites for hydroxylation is 1. The van der Waals surface area contributed by atoms with Crippen molar-refractivity contribution in [1.29, 1.82) is 0 Å². The number of hydrogen-bond acceptors (Lipinski definition) is 4. The minimum atomic E-state index is -0.268. The van der Waals surface area contributed by atoms with Crippen LogP contribution in [0.3, 0.4) is 0 Å². The Morgan fingerprint density at radius 3 is 2.56 bits per heavy atom. The third-order valence-electron chi connectivity index (χ3n) is 5.28. The van der Waals surface area contributed by atoms with Crippen LogP contribution in [0.15, 0.2) is 88.4 Å². The number of halogens is 1. The van der Waals surface area contributed by atoms with E-state index in [4.69, 9.17) is 9.47 Å². The minimum absolute atomic E-state index is 0.268. The van der Waals surface area contributed by atoms with Crippen molar-refractivity contribution in [2.24, 2.45) is 5.10 Å². The molecule has 4 aromatic rings. The maximum atomic E-state index is 12.3. The van der Waals surface area contributed by atoms with Gasteiger partial charge in [-0.3, -0.25) is 4.79 Å². The summed E-state index contributed by atoms with van der Waals surface area (Å²) in [4.78, 5) is 12.3. The summed E-state index contributed by atoms with van der Waals surface area (Å²) in [7, 11) is 0. The van der Waals surface area contributed by atoms with Crippen LogP contribution in [0.1, 0.15) is 34.0 Å². The van der Waals surface area contributed by atoms with Gasteiger partial charge in [0.2, 0.25) is 0 Å². The largest absolute Gasteiger partial charge is 0.490 e. The summed E-state index contributed by atoms with van der Waals surface area (Å²) >= 11 is 3.60. The molecule has 0 bridgehead atoms. The quantitative estimate of drug-likeness (QED) is 0.210. The first-order chi connectivity index (χ1) is 16.5. The molecule has 0 unspecified atom stereocenters. The van der Waals surface area contributed by atoms with Gasteiger partial charge in [-0.05, 0) is 75.9 Å². The highest BCUT2D eigenvalue weighted by molar-refractivity contribution is 9.10. The van der Waals surface area contributed by atoms with Crippen LogP contribution >= 0.6 is 15.9 Å². The van der Waals surface area contributed by atoms with Gasteiger partial charge in [0.05, 0.1) is 17.3 Å². The number of nitrogens with one attached hydrogen (secondary N) is 1. The molecule has 5 nitrogen and oxygen atoms in total. The van der Waals surface area contributed by atoms with Gasteiger partial charge in [0, 0.05) is 5.56 Å². The lowest BCUT2D eigenvalue weighted by Gasteiger charge is -2.15. The predicted molar refractivity (Wildman–Crippen MR) is 140 cm³/mol. The molecule has 1 N–H and O–H groups in total. The van der Waals surface area contributed by atoms with E-state index in [0.29, 0.717) is 30.3 Å². The molecule has 0 saturated carbocycles. The van der Waals surface area contributed by atoms with Crippen LogP contribution in [0.2, 0.25) is 0 Å². The Balaban J connectivity index is 1.50. The number of ether oxygens (including phenoxy) is 2. The lowest BCUT2D eigenvalue weighted by molar-refractivity contribution is 0.0955. The topological polar surface area (TPSA) is 59.9 Å². The number of hydrogen-bond donors (Lipinski definition) is 1. The molecule has 172 valence electrons. The number of carbonyl (C=O) groups excluding carboxylic acids is 1. The van der Waals surface area contributed by atoms with Crippen LogP contribution in [0, 0.1) is 6.92 Å². The van der Waals surface area contributed by atoms with Crippen molar-refractivity contribution < 1.29 is 14.3 Å². The molecular formula is C28H25BrN2O3. The van der Waals surface area contributed by atoms with Crippen LogP contribution < -0.4 is 14.9 Å². The summed E-state index contributed by atoms with van der Waals surface area (Å²) in [6, 6.07) is 25.5. The van der Waals surface area contributed by atoms with Crippen molar-refractivity contribution in [2.75, 3.05) is 6.61 Å². The normalized spacial score (nSPS) is 11.0. The molecule has 4 rings (SSSR count). The molecule has 0 spiro atoms. The molecule has 0 aliphatic rings. The predicted octanol–water partition coefficient (Wildman–Crippen LogP) is 6.65. The van der Waals surface area contributed by atoms with Crippen LogP contribution in [-0.4, -0.2) is 18.7 Å². The fourth-order valence-electron chi connectivity index (χ4n) is 3.57. The third-order valence-corrected chi connectivity index (χ3v) is 5.87. The van der Waals surface area contributed by atoms with Crippen LogP contribution in [-0.2, 0) is 6.61 Å². The highest BCUT2D eigenvalue weighted by Crippen LogP contribution is 2.37. The Morgan fingerprint density at radius 2 is 1.76 bits per heavy atom. The number of fused-ring (bicyclic) bond motifs is 1.